The smallest absolute Gasteiger partial charge is 0.472 e. The lowest BCUT2D eigenvalue weighted by molar-refractivity contribution is -0.274. The minimum Gasteiger partial charge on any atom is -0.472 e. The van der Waals surface area contributed by atoms with Crippen molar-refractivity contribution in [2.45, 2.75) is 100 Å². The normalized spacial score (nSPS) is 25.0. The molecule has 3 aromatic rings. The van der Waals surface area contributed by atoms with Crippen LogP contribution < -0.4 is 29.7 Å². The molecule has 3 fully saturated rings. The molecule has 2 saturated carbocycles. The molecule has 20 heteroatoms. The molecule has 0 radical (unpaired) electrons. The largest absolute Gasteiger partial charge is 0.573 e. The molecule has 2 aliphatic heterocycles. The maximum atomic E-state index is 14.6. The molecule has 1 saturated heterocycles. The van der Waals surface area contributed by atoms with Gasteiger partial charge in [0, 0.05) is 56.1 Å². The van der Waals surface area contributed by atoms with Crippen molar-refractivity contribution in [1.82, 2.24) is 25.2 Å². The lowest BCUT2D eigenvalue weighted by Crippen LogP contribution is -2.58. The SMILES string of the molecule is CN(C)c1ccc2c(OC3C[C@H]4C(=O)N[C@]5(C(=O)NS(=O)(=O)C6CC6)C[C@H]5/C=C\CCOCC[C@H](NC(=O)OC(C)(C)C)C(=O)N4C3)nc(-c3ccc(OC(F)(F)F)cc3)cc2c1. The number of hydrogen-bond donors (Lipinski definition) is 3. The first-order valence-electron chi connectivity index (χ1n) is 20.7. The molecule has 2 aliphatic carbocycles. The van der Waals surface area contributed by atoms with Crippen molar-refractivity contribution < 1.29 is 59.7 Å². The van der Waals surface area contributed by atoms with Crippen molar-refractivity contribution in [3.8, 4) is 22.9 Å². The first-order chi connectivity index (χ1) is 29.6. The monoisotopic (exact) mass is 900 g/mol. The average molecular weight is 901 g/mol. The number of hydrogen-bond acceptors (Lipinski definition) is 12. The van der Waals surface area contributed by atoms with Gasteiger partial charge in [-0.25, -0.2) is 18.2 Å². The molecular weight excluding hydrogens is 850 g/mol. The molecule has 4 amide bonds. The molecule has 5 atom stereocenters. The second-order valence-corrected chi connectivity index (χ2v) is 19.4. The van der Waals surface area contributed by atoms with Crippen LogP contribution in [-0.2, 0) is 33.9 Å². The van der Waals surface area contributed by atoms with Gasteiger partial charge in [0.15, 0.2) is 0 Å². The fraction of sp³-hybridized carbons (Fsp3) is 0.512. The van der Waals surface area contributed by atoms with E-state index < -0.39 is 86.4 Å². The lowest BCUT2D eigenvalue weighted by atomic mass is 10.1. The fourth-order valence-corrected chi connectivity index (χ4v) is 9.04. The Kier molecular flexibility index (Phi) is 12.6. The Balaban J connectivity index is 1.24. The van der Waals surface area contributed by atoms with E-state index in [9.17, 15) is 40.8 Å². The Hall–Kier alpha value is -5.63. The van der Waals surface area contributed by atoms with Crippen LogP contribution in [0, 0.1) is 5.92 Å². The summed E-state index contributed by atoms with van der Waals surface area (Å²) >= 11 is 0. The number of anilines is 1. The summed E-state index contributed by atoms with van der Waals surface area (Å²) in [5.41, 5.74) is -0.910. The third kappa shape index (κ3) is 10.9. The van der Waals surface area contributed by atoms with Crippen molar-refractivity contribution in [1.29, 1.82) is 0 Å². The Labute approximate surface area is 362 Å². The highest BCUT2D eigenvalue weighted by molar-refractivity contribution is 7.91. The zero-order chi connectivity index (χ0) is 45.5. The van der Waals surface area contributed by atoms with Gasteiger partial charge in [0.1, 0.15) is 35.1 Å². The summed E-state index contributed by atoms with van der Waals surface area (Å²) in [6, 6.07) is 9.96. The van der Waals surface area contributed by atoms with E-state index in [1.165, 1.54) is 29.2 Å². The van der Waals surface area contributed by atoms with Crippen molar-refractivity contribution in [3.63, 3.8) is 0 Å². The van der Waals surface area contributed by atoms with Gasteiger partial charge in [-0.1, -0.05) is 12.2 Å². The lowest BCUT2D eigenvalue weighted by Gasteiger charge is -2.30. The Morgan fingerprint density at radius 3 is 2.41 bits per heavy atom. The van der Waals surface area contributed by atoms with Crippen LogP contribution in [0.2, 0.25) is 0 Å². The first kappa shape index (κ1) is 45.4. The van der Waals surface area contributed by atoms with Gasteiger partial charge >= 0.3 is 12.5 Å². The van der Waals surface area contributed by atoms with E-state index in [1.807, 2.05) is 31.1 Å². The van der Waals surface area contributed by atoms with E-state index in [4.69, 9.17) is 19.2 Å². The number of ether oxygens (including phenoxy) is 4. The Morgan fingerprint density at radius 1 is 1.02 bits per heavy atom. The Bertz CT molecular complexity index is 2390. The highest BCUT2D eigenvalue weighted by Gasteiger charge is 2.62. The van der Waals surface area contributed by atoms with Crippen molar-refractivity contribution in [2.24, 2.45) is 5.92 Å². The summed E-state index contributed by atoms with van der Waals surface area (Å²) in [5.74, 6) is -3.15. The number of alkyl halides is 3. The van der Waals surface area contributed by atoms with Crippen LogP contribution in [0.5, 0.6) is 11.6 Å². The standard InChI is InChI=1S/C43H51F3N6O10S/c1-41(2,3)62-40(56)48-33-17-19-59-18-7-6-8-27-23-42(27,39(55)50-63(57,58)31-14-15-31)49-36(53)35-22-30(24-52(35)38(33)54)60-37-32-16-11-28(51(4)5)20-26(32)21-34(47-37)25-9-12-29(13-10-25)61-43(44,45)46/h6,8-13,16,20-21,27,30-31,33,35H,7,14-15,17-19,22-24H2,1-5H3,(H,48,56)(H,49,53)(H,50,55)/b8-6-/t27-,30?,33+,35+,42-/m1/s1. The van der Waals surface area contributed by atoms with Crippen LogP contribution in [-0.4, -0.2) is 117 Å². The predicted molar refractivity (Wildman–Crippen MR) is 224 cm³/mol. The molecule has 0 bridgehead atoms. The van der Waals surface area contributed by atoms with Crippen LogP contribution in [0.3, 0.4) is 0 Å². The number of nitrogens with one attached hydrogen (secondary N) is 3. The fourth-order valence-electron chi connectivity index (χ4n) is 7.68. The van der Waals surface area contributed by atoms with Crippen molar-refractivity contribution >= 4 is 50.3 Å². The van der Waals surface area contributed by atoms with E-state index in [0.29, 0.717) is 41.3 Å². The van der Waals surface area contributed by atoms with Crippen molar-refractivity contribution in [3.05, 3.63) is 60.7 Å². The number of pyridine rings is 1. The number of aromatic nitrogens is 1. The first-order valence-corrected chi connectivity index (χ1v) is 22.2. The summed E-state index contributed by atoms with van der Waals surface area (Å²) in [6.45, 7) is 5.12. The second-order valence-electron chi connectivity index (χ2n) is 17.4. The predicted octanol–water partition coefficient (Wildman–Crippen LogP) is 4.96. The summed E-state index contributed by atoms with van der Waals surface area (Å²) in [4.78, 5) is 64.0. The molecule has 3 heterocycles. The topological polar surface area (TPSA) is 195 Å². The molecule has 0 spiro atoms. The summed E-state index contributed by atoms with van der Waals surface area (Å²) in [7, 11) is -0.264. The number of alkyl carbamates (subject to hydrolysis) is 1. The summed E-state index contributed by atoms with van der Waals surface area (Å²) < 4.78 is 88.8. The van der Waals surface area contributed by atoms with Gasteiger partial charge in [0.05, 0.1) is 24.1 Å². The van der Waals surface area contributed by atoms with Gasteiger partial charge in [-0.3, -0.25) is 19.1 Å². The zero-order valence-corrected chi connectivity index (χ0v) is 36.3. The third-order valence-electron chi connectivity index (χ3n) is 11.1. The second kappa shape index (κ2) is 17.5. The zero-order valence-electron chi connectivity index (χ0n) is 35.5. The molecule has 1 unspecified atom stereocenters. The molecule has 4 aliphatic rings. The number of carbonyl (C=O) groups is 4. The number of benzene rings is 2. The van der Waals surface area contributed by atoms with Crippen LogP contribution in [0.4, 0.5) is 23.7 Å². The maximum absolute atomic E-state index is 14.6. The van der Waals surface area contributed by atoms with E-state index >= 15 is 0 Å². The quantitative estimate of drug-likeness (QED) is 0.245. The molecule has 340 valence electrons. The number of rotatable bonds is 9. The van der Waals surface area contributed by atoms with Gasteiger partial charge in [-0.15, -0.1) is 13.2 Å². The maximum Gasteiger partial charge on any atom is 0.573 e. The average Bonchev–Trinajstić information content (AvgIpc) is 4.12. The van der Waals surface area contributed by atoms with Gasteiger partial charge < -0.3 is 39.4 Å². The van der Waals surface area contributed by atoms with Crippen molar-refractivity contribution in [2.75, 3.05) is 38.8 Å². The number of nitrogens with zero attached hydrogens (tertiary/aromatic N) is 3. The molecule has 3 N–H and O–H groups in total. The highest BCUT2D eigenvalue weighted by atomic mass is 32.2. The van der Waals surface area contributed by atoms with E-state index in [0.717, 1.165) is 5.69 Å². The molecule has 2 aromatic carbocycles. The van der Waals surface area contributed by atoms with Gasteiger partial charge in [0.2, 0.25) is 27.7 Å². The molecule has 16 nitrogen and oxygen atoms in total. The van der Waals surface area contributed by atoms with Crippen LogP contribution in [0.15, 0.2) is 60.7 Å². The number of fused-ring (bicyclic) bond motifs is 3. The number of halogens is 3. The van der Waals surface area contributed by atoms with Crippen LogP contribution >= 0.6 is 0 Å². The van der Waals surface area contributed by atoms with E-state index in [2.05, 4.69) is 20.1 Å². The minimum absolute atomic E-state index is 0.0153. The van der Waals surface area contributed by atoms with Crippen LogP contribution in [0.25, 0.3) is 22.0 Å². The van der Waals surface area contributed by atoms with Gasteiger partial charge in [-0.05, 0) is 100 Å². The highest BCUT2D eigenvalue weighted by Crippen LogP contribution is 2.46. The molecule has 7 rings (SSSR count). The number of amides is 4. The van der Waals surface area contributed by atoms with E-state index in [-0.39, 0.29) is 44.9 Å². The summed E-state index contributed by atoms with van der Waals surface area (Å²) in [5, 5.41) is 5.98. The Morgan fingerprint density at radius 2 is 1.75 bits per heavy atom. The van der Waals surface area contributed by atoms with E-state index in [1.54, 1.807) is 45.1 Å². The molecule has 1 aromatic heterocycles. The number of sulfonamides is 1. The van der Waals surface area contributed by atoms with Crippen LogP contribution in [0.1, 0.15) is 59.3 Å². The molecular formula is C43H51F3N6O10S. The van der Waals surface area contributed by atoms with Gasteiger partial charge in [0.25, 0.3) is 5.91 Å². The number of carbonyl (C=O) groups excluding carboxylic acids is 4. The minimum atomic E-state index is -4.88. The molecule has 63 heavy (non-hydrogen) atoms. The summed E-state index contributed by atoms with van der Waals surface area (Å²) in [6.07, 6.45) is -1.87. The van der Waals surface area contributed by atoms with Gasteiger partial charge in [-0.2, -0.15) is 0 Å². The third-order valence-corrected chi connectivity index (χ3v) is 12.9.